The van der Waals surface area contributed by atoms with Gasteiger partial charge in [0.15, 0.2) is 0 Å². The number of rotatable bonds is 4. The third-order valence-electron chi connectivity index (χ3n) is 3.11. The van der Waals surface area contributed by atoms with Crippen molar-refractivity contribution in [2.24, 2.45) is 0 Å². The Balaban J connectivity index is 2.28. The molecular weight excluding hydrogens is 248 g/mol. The minimum Gasteiger partial charge on any atom is -0.270 e. The molecule has 1 aromatic heterocycles. The molecule has 6 heteroatoms. The van der Waals surface area contributed by atoms with Crippen molar-refractivity contribution in [1.29, 1.82) is 0 Å². The average Bonchev–Trinajstić information content (AvgIpc) is 2.85. The highest BCUT2D eigenvalue weighted by Crippen LogP contribution is 2.48. The first kappa shape index (κ1) is 11.9. The van der Waals surface area contributed by atoms with Crippen LogP contribution >= 0.6 is 10.7 Å². The maximum atomic E-state index is 11.5. The minimum atomic E-state index is -3.47. The molecule has 2 rings (SSSR count). The molecule has 1 heterocycles. The fourth-order valence-corrected chi connectivity index (χ4v) is 3.53. The van der Waals surface area contributed by atoms with Gasteiger partial charge in [0.1, 0.15) is 0 Å². The summed E-state index contributed by atoms with van der Waals surface area (Å²) < 4.78 is 24.0. The summed E-state index contributed by atoms with van der Waals surface area (Å²) in [6.07, 6.45) is 1.80. The lowest BCUT2D eigenvalue weighted by atomic mass is 10.2. The molecule has 0 amide bonds. The van der Waals surface area contributed by atoms with E-state index in [2.05, 4.69) is 5.10 Å². The fourth-order valence-electron chi connectivity index (χ4n) is 1.99. The monoisotopic (exact) mass is 262 g/mol. The molecule has 1 fully saturated rings. The van der Waals surface area contributed by atoms with E-state index in [4.69, 9.17) is 10.7 Å². The van der Waals surface area contributed by atoms with Gasteiger partial charge in [-0.05, 0) is 32.8 Å². The smallest absolute Gasteiger partial charge is 0.238 e. The molecule has 0 bridgehead atoms. The lowest BCUT2D eigenvalue weighted by Gasteiger charge is -2.11. The summed E-state index contributed by atoms with van der Waals surface area (Å²) >= 11 is 0. The zero-order valence-electron chi connectivity index (χ0n) is 9.40. The maximum absolute atomic E-state index is 11.5. The van der Waals surface area contributed by atoms with E-state index < -0.39 is 13.8 Å². The summed E-state index contributed by atoms with van der Waals surface area (Å²) in [4.78, 5) is 0. The molecule has 4 nitrogen and oxygen atoms in total. The highest BCUT2D eigenvalue weighted by atomic mass is 35.7. The van der Waals surface area contributed by atoms with E-state index in [1.54, 1.807) is 0 Å². The predicted octanol–water partition coefficient (Wildman–Crippen LogP) is 1.86. The highest BCUT2D eigenvalue weighted by Gasteiger charge is 2.54. The van der Waals surface area contributed by atoms with E-state index in [1.807, 2.05) is 24.6 Å². The van der Waals surface area contributed by atoms with Crippen LogP contribution in [0.5, 0.6) is 0 Å². The van der Waals surface area contributed by atoms with E-state index in [0.29, 0.717) is 19.3 Å². The van der Waals surface area contributed by atoms with Crippen LogP contribution in [0.4, 0.5) is 0 Å². The van der Waals surface area contributed by atoms with Gasteiger partial charge < -0.3 is 0 Å². The molecular formula is C10H15ClN2O2S. The summed E-state index contributed by atoms with van der Waals surface area (Å²) in [5, 5.41) is 4.30. The van der Waals surface area contributed by atoms with Crippen molar-refractivity contribution < 1.29 is 8.42 Å². The van der Waals surface area contributed by atoms with Crippen LogP contribution in [-0.4, -0.2) is 22.9 Å². The van der Waals surface area contributed by atoms with Gasteiger partial charge in [0.05, 0.1) is 10.4 Å². The van der Waals surface area contributed by atoms with Crippen molar-refractivity contribution in [2.45, 2.75) is 44.4 Å². The lowest BCUT2D eigenvalue weighted by molar-refractivity contribution is 0.573. The molecule has 0 saturated heterocycles. The van der Waals surface area contributed by atoms with E-state index >= 15 is 0 Å². The minimum absolute atomic E-state index is 0.480. The first-order valence-corrected chi connectivity index (χ1v) is 7.66. The van der Waals surface area contributed by atoms with Gasteiger partial charge in [-0.15, -0.1) is 0 Å². The summed E-state index contributed by atoms with van der Waals surface area (Å²) in [7, 11) is 2.01. The standard InChI is InChI=1S/C10H15ClN2O2S/c1-3-13-9(6-8(2)12-13)7-10(4-5-10)16(11,14)15/h6H,3-5,7H2,1-2H3. The molecule has 1 saturated carbocycles. The molecule has 1 aliphatic carbocycles. The molecule has 0 N–H and O–H groups in total. The van der Waals surface area contributed by atoms with Gasteiger partial charge in [0, 0.05) is 29.3 Å². The van der Waals surface area contributed by atoms with E-state index in [1.165, 1.54) is 0 Å². The Hall–Kier alpha value is -0.550. The van der Waals surface area contributed by atoms with Gasteiger partial charge >= 0.3 is 0 Å². The average molecular weight is 263 g/mol. The van der Waals surface area contributed by atoms with Crippen molar-refractivity contribution in [1.82, 2.24) is 9.78 Å². The number of hydrogen-bond donors (Lipinski definition) is 0. The molecule has 16 heavy (non-hydrogen) atoms. The van der Waals surface area contributed by atoms with Crippen molar-refractivity contribution in [3.05, 3.63) is 17.5 Å². The van der Waals surface area contributed by atoms with Crippen molar-refractivity contribution in [2.75, 3.05) is 0 Å². The highest BCUT2D eigenvalue weighted by molar-refractivity contribution is 8.15. The van der Waals surface area contributed by atoms with Gasteiger partial charge in [0.2, 0.25) is 9.05 Å². The molecule has 0 aliphatic heterocycles. The zero-order chi connectivity index (χ0) is 12.0. The third kappa shape index (κ3) is 1.98. The van der Waals surface area contributed by atoms with Gasteiger partial charge in [-0.1, -0.05) is 0 Å². The molecule has 1 aromatic rings. The lowest BCUT2D eigenvalue weighted by Crippen LogP contribution is -2.22. The second-order valence-electron chi connectivity index (χ2n) is 4.39. The molecule has 1 aliphatic rings. The van der Waals surface area contributed by atoms with Gasteiger partial charge in [-0.25, -0.2) is 8.42 Å². The molecule has 0 atom stereocenters. The van der Waals surface area contributed by atoms with Crippen LogP contribution in [0.2, 0.25) is 0 Å². The number of nitrogens with zero attached hydrogens (tertiary/aromatic N) is 2. The Bertz CT molecular complexity index is 503. The SMILES string of the molecule is CCn1nc(C)cc1CC1(S(=O)(=O)Cl)CC1. The van der Waals surface area contributed by atoms with Gasteiger partial charge in [-0.2, -0.15) is 5.10 Å². The van der Waals surface area contributed by atoms with E-state index in [0.717, 1.165) is 17.9 Å². The molecule has 90 valence electrons. The van der Waals surface area contributed by atoms with Crippen LogP contribution < -0.4 is 0 Å². The normalized spacial score (nSPS) is 18.7. The number of halogens is 1. The Morgan fingerprint density at radius 2 is 2.19 bits per heavy atom. The van der Waals surface area contributed by atoms with Crippen LogP contribution in [-0.2, 0) is 22.0 Å². The van der Waals surface area contributed by atoms with Crippen molar-refractivity contribution in [3.8, 4) is 0 Å². The Labute approximate surface area is 100 Å². The molecule has 0 unspecified atom stereocenters. The van der Waals surface area contributed by atoms with Crippen LogP contribution in [0.1, 0.15) is 31.2 Å². The summed E-state index contributed by atoms with van der Waals surface area (Å²) in [5.74, 6) is 0. The predicted molar refractivity (Wildman–Crippen MR) is 63.1 cm³/mol. The molecule has 0 spiro atoms. The van der Waals surface area contributed by atoms with Crippen molar-refractivity contribution in [3.63, 3.8) is 0 Å². The van der Waals surface area contributed by atoms with E-state index in [-0.39, 0.29) is 0 Å². The molecule has 0 aromatic carbocycles. The van der Waals surface area contributed by atoms with Crippen LogP contribution in [0.25, 0.3) is 0 Å². The Morgan fingerprint density at radius 1 is 1.56 bits per heavy atom. The topological polar surface area (TPSA) is 52.0 Å². The zero-order valence-corrected chi connectivity index (χ0v) is 11.0. The van der Waals surface area contributed by atoms with Gasteiger partial charge in [0.25, 0.3) is 0 Å². The Kier molecular flexibility index (Phi) is 2.78. The summed E-state index contributed by atoms with van der Waals surface area (Å²) in [6, 6.07) is 1.94. The number of aryl methyl sites for hydroxylation is 2. The molecule has 0 radical (unpaired) electrons. The first-order valence-electron chi connectivity index (χ1n) is 5.35. The summed E-state index contributed by atoms with van der Waals surface area (Å²) in [5.41, 5.74) is 1.88. The van der Waals surface area contributed by atoms with Crippen molar-refractivity contribution >= 4 is 19.7 Å². The number of hydrogen-bond acceptors (Lipinski definition) is 3. The van der Waals surface area contributed by atoms with Crippen LogP contribution in [0.3, 0.4) is 0 Å². The third-order valence-corrected chi connectivity index (χ3v) is 5.68. The first-order chi connectivity index (χ1) is 7.38. The quantitative estimate of drug-likeness (QED) is 0.779. The number of aromatic nitrogens is 2. The second kappa shape index (κ2) is 3.74. The Morgan fingerprint density at radius 3 is 2.62 bits per heavy atom. The largest absolute Gasteiger partial charge is 0.270 e. The van der Waals surface area contributed by atoms with E-state index in [9.17, 15) is 8.42 Å². The fraction of sp³-hybridized carbons (Fsp3) is 0.700. The maximum Gasteiger partial charge on any atom is 0.238 e. The van der Waals surface area contributed by atoms with Gasteiger partial charge in [-0.3, -0.25) is 4.68 Å². The van der Waals surface area contributed by atoms with Crippen LogP contribution in [0.15, 0.2) is 6.07 Å². The van der Waals surface area contributed by atoms with Crippen LogP contribution in [0, 0.1) is 6.92 Å². The summed E-state index contributed by atoms with van der Waals surface area (Å²) in [6.45, 7) is 4.65. The second-order valence-corrected chi connectivity index (χ2v) is 7.35.